The third-order valence-electron chi connectivity index (χ3n) is 1.90. The van der Waals surface area contributed by atoms with Crippen LogP contribution in [0.25, 0.3) is 22.0 Å². The summed E-state index contributed by atoms with van der Waals surface area (Å²) in [5, 5.41) is 3.69. The molecule has 12 heavy (non-hydrogen) atoms. The van der Waals surface area contributed by atoms with E-state index in [0.29, 0.717) is 0 Å². The van der Waals surface area contributed by atoms with Crippen LogP contribution in [0.3, 0.4) is 0 Å². The smallest absolute Gasteiger partial charge is 0.191 e. The summed E-state index contributed by atoms with van der Waals surface area (Å²) in [5.41, 5.74) is 2.45. The van der Waals surface area contributed by atoms with E-state index in [1.54, 1.807) is 6.20 Å². The zero-order chi connectivity index (χ0) is 7.97. The third-order valence-corrected chi connectivity index (χ3v) is 1.90. The first-order valence-electron chi connectivity index (χ1n) is 3.61. The molecule has 0 radical (unpaired) electrons. The number of aromatic nitrogens is 3. The van der Waals surface area contributed by atoms with Gasteiger partial charge in [0.2, 0.25) is 0 Å². The molecule has 0 aliphatic rings. The minimum absolute atomic E-state index is 0.769. The van der Waals surface area contributed by atoms with Crippen molar-refractivity contribution in [2.24, 2.45) is 0 Å². The number of hydrogen-bond donors (Lipinski definition) is 1. The number of hydrogen-bond acceptors (Lipinski definition) is 3. The molecule has 0 spiro atoms. The second-order valence-corrected chi connectivity index (χ2v) is 2.59. The van der Waals surface area contributed by atoms with E-state index in [9.17, 15) is 0 Å². The number of aromatic amines is 1. The zero-order valence-electron chi connectivity index (χ0n) is 6.11. The zero-order valence-corrected chi connectivity index (χ0v) is 6.11. The van der Waals surface area contributed by atoms with Crippen molar-refractivity contribution in [2.75, 3.05) is 0 Å². The van der Waals surface area contributed by atoms with Gasteiger partial charge in [0.05, 0.1) is 5.52 Å². The highest BCUT2D eigenvalue weighted by Gasteiger charge is 2.05. The number of imidazole rings is 1. The highest BCUT2D eigenvalue weighted by molar-refractivity contribution is 5.99. The van der Waals surface area contributed by atoms with Gasteiger partial charge in [-0.2, -0.15) is 0 Å². The van der Waals surface area contributed by atoms with Crippen molar-refractivity contribution in [2.45, 2.75) is 0 Å². The summed E-state index contributed by atoms with van der Waals surface area (Å²) in [7, 11) is 0. The fourth-order valence-electron chi connectivity index (χ4n) is 1.33. The number of nitrogens with zero attached hydrogens (tertiary/aromatic N) is 2. The van der Waals surface area contributed by atoms with E-state index in [4.69, 9.17) is 4.52 Å². The maximum Gasteiger partial charge on any atom is 0.191 e. The summed E-state index contributed by atoms with van der Waals surface area (Å²) in [6.45, 7) is 0. The van der Waals surface area contributed by atoms with E-state index in [2.05, 4.69) is 15.1 Å². The fourth-order valence-corrected chi connectivity index (χ4v) is 1.33. The molecule has 0 unspecified atom stereocenters. The van der Waals surface area contributed by atoms with Crippen molar-refractivity contribution in [3.63, 3.8) is 0 Å². The van der Waals surface area contributed by atoms with Crippen LogP contribution in [-0.4, -0.2) is 15.1 Å². The number of benzene rings is 1. The molecule has 4 heteroatoms. The van der Waals surface area contributed by atoms with Gasteiger partial charge in [0.1, 0.15) is 11.8 Å². The molecule has 0 fully saturated rings. The van der Waals surface area contributed by atoms with Crippen molar-refractivity contribution in [3.8, 4) is 0 Å². The molecule has 0 aliphatic carbocycles. The van der Waals surface area contributed by atoms with E-state index in [0.717, 1.165) is 22.0 Å². The van der Waals surface area contributed by atoms with Gasteiger partial charge in [-0.25, -0.2) is 15.1 Å². The van der Waals surface area contributed by atoms with Crippen molar-refractivity contribution in [1.29, 1.82) is 0 Å². The Kier molecular flexibility index (Phi) is 0.889. The van der Waals surface area contributed by atoms with Crippen molar-refractivity contribution in [3.05, 3.63) is 24.7 Å². The predicted molar refractivity (Wildman–Crippen MR) is 43.7 cm³/mol. The van der Waals surface area contributed by atoms with Crippen LogP contribution >= 0.6 is 0 Å². The van der Waals surface area contributed by atoms with Crippen LogP contribution in [0.5, 0.6) is 0 Å². The average Bonchev–Trinajstić information content (AvgIpc) is 2.71. The Balaban J connectivity index is 2.71. The van der Waals surface area contributed by atoms with Crippen LogP contribution in [0.2, 0.25) is 0 Å². The lowest BCUT2D eigenvalue weighted by molar-refractivity contribution is 0.458. The molecule has 3 rings (SSSR count). The van der Waals surface area contributed by atoms with E-state index < -0.39 is 0 Å². The number of fused-ring (bicyclic) bond motifs is 3. The summed E-state index contributed by atoms with van der Waals surface area (Å²) >= 11 is 0. The topological polar surface area (TPSA) is 54.7 Å². The molecular weight excluding hydrogens is 154 g/mol. The van der Waals surface area contributed by atoms with Crippen LogP contribution < -0.4 is 0 Å². The van der Waals surface area contributed by atoms with Gasteiger partial charge in [0.25, 0.3) is 0 Å². The Morgan fingerprint density at radius 1 is 1.25 bits per heavy atom. The van der Waals surface area contributed by atoms with Crippen LogP contribution in [0, 0.1) is 0 Å². The van der Waals surface area contributed by atoms with Crippen LogP contribution in [0.15, 0.2) is 29.2 Å². The summed E-state index contributed by atoms with van der Waals surface area (Å²) in [4.78, 5) is 8.16. The second-order valence-electron chi connectivity index (χ2n) is 2.59. The van der Waals surface area contributed by atoms with E-state index in [-0.39, 0.29) is 0 Å². The van der Waals surface area contributed by atoms with Gasteiger partial charge in [0.15, 0.2) is 5.58 Å². The molecule has 3 aromatic rings. The maximum absolute atomic E-state index is 5.16. The molecule has 0 saturated heterocycles. The Morgan fingerprint density at radius 3 is 3.25 bits per heavy atom. The monoisotopic (exact) mass is 159 g/mol. The molecule has 2 heterocycles. The second kappa shape index (κ2) is 1.85. The third kappa shape index (κ3) is 0.567. The highest BCUT2D eigenvalue weighted by atomic mass is 16.5. The van der Waals surface area contributed by atoms with Crippen molar-refractivity contribution >= 4 is 22.0 Å². The number of rotatable bonds is 0. The summed E-state index contributed by atoms with van der Waals surface area (Å²) < 4.78 is 5.16. The van der Waals surface area contributed by atoms with Crippen LogP contribution in [0.4, 0.5) is 0 Å². The average molecular weight is 159 g/mol. The quantitative estimate of drug-likeness (QED) is 0.543. The maximum atomic E-state index is 5.16. The Bertz CT molecular complexity index is 487. The first-order valence-corrected chi connectivity index (χ1v) is 3.61. The lowest BCUT2D eigenvalue weighted by Gasteiger charge is -1.85. The normalized spacial score (nSPS) is 11.3. The van der Waals surface area contributed by atoms with Gasteiger partial charge in [0, 0.05) is 11.6 Å². The fraction of sp³-hybridized carbons (Fsp3) is 0. The van der Waals surface area contributed by atoms with Crippen LogP contribution in [-0.2, 0) is 0 Å². The molecule has 0 atom stereocenters. The predicted octanol–water partition coefficient (Wildman–Crippen LogP) is 1.70. The van der Waals surface area contributed by atoms with Gasteiger partial charge in [-0.3, -0.25) is 0 Å². The molecule has 1 aromatic carbocycles. The van der Waals surface area contributed by atoms with Crippen molar-refractivity contribution < 1.29 is 4.52 Å². The van der Waals surface area contributed by atoms with Gasteiger partial charge in [-0.15, -0.1) is 0 Å². The molecule has 0 aliphatic heterocycles. The SMILES string of the molecule is c1nc2ccc3c[nH]oc3c2n1. The molecular formula is C8H5N3O. The van der Waals surface area contributed by atoms with E-state index in [1.165, 1.54) is 6.33 Å². The van der Waals surface area contributed by atoms with E-state index in [1.807, 2.05) is 12.1 Å². The summed E-state index contributed by atoms with van der Waals surface area (Å²) in [6, 6.07) is 3.88. The minimum Gasteiger partial charge on any atom is -0.380 e. The molecule has 1 N–H and O–H groups in total. The Hall–Kier alpha value is -1.84. The first kappa shape index (κ1) is 5.77. The Labute approximate surface area is 67.2 Å². The molecule has 0 bridgehead atoms. The highest BCUT2D eigenvalue weighted by Crippen LogP contribution is 2.21. The molecule has 2 aromatic heterocycles. The van der Waals surface area contributed by atoms with Gasteiger partial charge < -0.3 is 4.52 Å². The lowest BCUT2D eigenvalue weighted by Crippen LogP contribution is -1.69. The van der Waals surface area contributed by atoms with Crippen molar-refractivity contribution in [1.82, 2.24) is 15.1 Å². The van der Waals surface area contributed by atoms with Crippen LogP contribution in [0.1, 0.15) is 0 Å². The van der Waals surface area contributed by atoms with Gasteiger partial charge in [-0.1, -0.05) is 0 Å². The summed E-state index contributed by atoms with van der Waals surface area (Å²) in [5.74, 6) is 0. The van der Waals surface area contributed by atoms with E-state index >= 15 is 0 Å². The molecule has 0 amide bonds. The molecule has 0 saturated carbocycles. The van der Waals surface area contributed by atoms with Gasteiger partial charge in [-0.05, 0) is 12.1 Å². The minimum atomic E-state index is 0.769. The first-order chi connectivity index (χ1) is 5.95. The molecule has 58 valence electrons. The number of H-pyrrole nitrogens is 1. The molecule has 4 nitrogen and oxygen atoms in total. The standard InChI is InChI=1S/C8H5N3O/c1-2-6-7(10-4-9-6)8-5(1)3-11-12-8/h1-4,11H. The van der Waals surface area contributed by atoms with Gasteiger partial charge >= 0.3 is 0 Å². The lowest BCUT2D eigenvalue weighted by atomic mass is 10.2. The largest absolute Gasteiger partial charge is 0.380 e. The summed E-state index contributed by atoms with van der Waals surface area (Å²) in [6.07, 6.45) is 3.33. The Morgan fingerprint density at radius 2 is 2.25 bits per heavy atom. The number of nitrogens with one attached hydrogen (secondary N) is 1.